The minimum Gasteiger partial charge on any atom is -0.388 e. The number of fused-ring (bicyclic) bond motifs is 1. The molecule has 0 atom stereocenters. The number of hydrogen-bond donors (Lipinski definition) is 3. The highest BCUT2D eigenvalue weighted by atomic mass is 32.2. The Labute approximate surface area is 125 Å². The van der Waals surface area contributed by atoms with Crippen molar-refractivity contribution in [3.05, 3.63) is 23.8 Å². The van der Waals surface area contributed by atoms with Crippen molar-refractivity contribution >= 4 is 21.5 Å². The fourth-order valence-corrected chi connectivity index (χ4v) is 3.19. The molecule has 1 aromatic carbocycles. The number of nitrogens with zero attached hydrogens (tertiary/aromatic N) is 1. The Balaban J connectivity index is 2.11. The number of hydrogen-bond acceptors (Lipinski definition) is 4. The average Bonchev–Trinajstić information content (AvgIpc) is 2.42. The molecule has 1 heterocycles. The third-order valence-electron chi connectivity index (χ3n) is 3.72. The van der Waals surface area contributed by atoms with Crippen LogP contribution in [0.15, 0.2) is 23.1 Å². The summed E-state index contributed by atoms with van der Waals surface area (Å²) in [6.07, 6.45) is 4.44. The van der Waals surface area contributed by atoms with E-state index in [-0.39, 0.29) is 10.7 Å². The predicted octanol–water partition coefficient (Wildman–Crippen LogP) is 1.19. The zero-order chi connectivity index (χ0) is 15.5. The van der Waals surface area contributed by atoms with Crippen LogP contribution in [0.4, 0.5) is 5.69 Å². The SMILES string of the molecule is N=C(N)CCCCN1CCCc2ccc(S(N)(=O)=O)cc21. The van der Waals surface area contributed by atoms with E-state index in [1.54, 1.807) is 12.1 Å². The van der Waals surface area contributed by atoms with Gasteiger partial charge in [-0.2, -0.15) is 0 Å². The van der Waals surface area contributed by atoms with Gasteiger partial charge in [0.1, 0.15) is 0 Å². The normalized spacial score (nSPS) is 14.8. The summed E-state index contributed by atoms with van der Waals surface area (Å²) in [5.74, 6) is 0.213. The minimum atomic E-state index is -3.67. The molecule has 6 nitrogen and oxygen atoms in total. The zero-order valence-electron chi connectivity index (χ0n) is 12.0. The smallest absolute Gasteiger partial charge is 0.238 e. The molecule has 1 aliphatic rings. The van der Waals surface area contributed by atoms with Crippen molar-refractivity contribution < 1.29 is 8.42 Å². The van der Waals surface area contributed by atoms with Crippen LogP contribution in [0.1, 0.15) is 31.2 Å². The molecule has 1 aliphatic heterocycles. The van der Waals surface area contributed by atoms with Crippen molar-refractivity contribution in [1.82, 2.24) is 0 Å². The summed E-state index contributed by atoms with van der Waals surface area (Å²) in [5, 5.41) is 12.4. The van der Waals surface area contributed by atoms with Crippen LogP contribution in [0, 0.1) is 5.41 Å². The Morgan fingerprint density at radius 2 is 2.10 bits per heavy atom. The van der Waals surface area contributed by atoms with E-state index in [0.29, 0.717) is 6.42 Å². The first kappa shape index (κ1) is 15.8. The highest BCUT2D eigenvalue weighted by Crippen LogP contribution is 2.29. The standard InChI is InChI=1S/C14H22N4O2S/c15-14(16)5-1-2-8-18-9-3-4-11-6-7-12(10-13(11)18)21(17,19)20/h6-7,10H,1-5,8-9H2,(H3,15,16)(H2,17,19,20). The summed E-state index contributed by atoms with van der Waals surface area (Å²) in [5.41, 5.74) is 7.48. The Kier molecular flexibility index (Phi) is 4.84. The first-order valence-electron chi connectivity index (χ1n) is 7.11. The second kappa shape index (κ2) is 6.44. The lowest BCUT2D eigenvalue weighted by Gasteiger charge is -2.31. The maximum atomic E-state index is 11.5. The maximum absolute atomic E-state index is 11.5. The molecule has 0 saturated carbocycles. The van der Waals surface area contributed by atoms with Gasteiger partial charge in [-0.3, -0.25) is 5.41 Å². The van der Waals surface area contributed by atoms with Crippen molar-refractivity contribution in [2.24, 2.45) is 10.9 Å². The van der Waals surface area contributed by atoms with Gasteiger partial charge in [-0.15, -0.1) is 0 Å². The summed E-state index contributed by atoms with van der Waals surface area (Å²) in [6.45, 7) is 1.76. The lowest BCUT2D eigenvalue weighted by atomic mass is 10.0. The van der Waals surface area contributed by atoms with Gasteiger partial charge >= 0.3 is 0 Å². The lowest BCUT2D eigenvalue weighted by molar-refractivity contribution is 0.597. The zero-order valence-corrected chi connectivity index (χ0v) is 12.8. The van der Waals surface area contributed by atoms with Crippen molar-refractivity contribution in [1.29, 1.82) is 5.41 Å². The van der Waals surface area contributed by atoms with Gasteiger partial charge in [0.05, 0.1) is 10.7 Å². The van der Waals surface area contributed by atoms with Crippen LogP contribution in [0.3, 0.4) is 0 Å². The van der Waals surface area contributed by atoms with Gasteiger partial charge in [-0.05, 0) is 43.4 Å². The number of nitrogens with two attached hydrogens (primary N) is 2. The van der Waals surface area contributed by atoms with Gasteiger partial charge in [-0.1, -0.05) is 6.07 Å². The second-order valence-corrected chi connectivity index (χ2v) is 6.97. The number of nitrogens with one attached hydrogen (secondary N) is 1. The number of benzene rings is 1. The highest BCUT2D eigenvalue weighted by molar-refractivity contribution is 7.89. The van der Waals surface area contributed by atoms with E-state index < -0.39 is 10.0 Å². The molecule has 0 radical (unpaired) electrons. The van der Waals surface area contributed by atoms with Crippen molar-refractivity contribution in [2.45, 2.75) is 37.0 Å². The van der Waals surface area contributed by atoms with E-state index in [4.69, 9.17) is 16.3 Å². The molecule has 0 amide bonds. The molecule has 1 aromatic rings. The molecule has 0 aliphatic carbocycles. The fraction of sp³-hybridized carbons (Fsp3) is 0.500. The third kappa shape index (κ3) is 4.18. The van der Waals surface area contributed by atoms with E-state index in [1.165, 1.54) is 5.56 Å². The van der Waals surface area contributed by atoms with Crippen LogP contribution >= 0.6 is 0 Å². The molecule has 21 heavy (non-hydrogen) atoms. The van der Waals surface area contributed by atoms with E-state index in [0.717, 1.165) is 44.5 Å². The van der Waals surface area contributed by atoms with Crippen molar-refractivity contribution in [2.75, 3.05) is 18.0 Å². The maximum Gasteiger partial charge on any atom is 0.238 e. The molecule has 0 aromatic heterocycles. The Morgan fingerprint density at radius 1 is 1.33 bits per heavy atom. The van der Waals surface area contributed by atoms with Gasteiger partial charge < -0.3 is 10.6 Å². The summed E-state index contributed by atoms with van der Waals surface area (Å²) in [7, 11) is -3.67. The van der Waals surface area contributed by atoms with Crippen LogP contribution in [0.2, 0.25) is 0 Å². The molecule has 116 valence electrons. The molecule has 0 fully saturated rings. The van der Waals surface area contributed by atoms with Crippen LogP contribution in [0.5, 0.6) is 0 Å². The Bertz CT molecular complexity index is 628. The van der Waals surface area contributed by atoms with Crippen molar-refractivity contribution in [3.8, 4) is 0 Å². The molecule has 0 unspecified atom stereocenters. The van der Waals surface area contributed by atoms with E-state index in [2.05, 4.69) is 4.90 Å². The topological polar surface area (TPSA) is 113 Å². The Hall–Kier alpha value is -1.60. The largest absolute Gasteiger partial charge is 0.388 e. The number of primary sulfonamides is 1. The summed E-state index contributed by atoms with van der Waals surface area (Å²) >= 11 is 0. The molecule has 2 rings (SSSR count). The number of anilines is 1. The minimum absolute atomic E-state index is 0.164. The van der Waals surface area contributed by atoms with E-state index in [1.807, 2.05) is 6.07 Å². The fourth-order valence-electron chi connectivity index (χ4n) is 2.66. The molecule has 0 bridgehead atoms. The highest BCUT2D eigenvalue weighted by Gasteiger charge is 2.19. The monoisotopic (exact) mass is 310 g/mol. The Morgan fingerprint density at radius 3 is 2.76 bits per heavy atom. The first-order chi connectivity index (χ1) is 9.88. The number of unbranched alkanes of at least 4 members (excludes halogenated alkanes) is 1. The average molecular weight is 310 g/mol. The van der Waals surface area contributed by atoms with Gasteiger partial charge in [0.15, 0.2) is 0 Å². The number of rotatable bonds is 6. The molecular weight excluding hydrogens is 288 g/mol. The second-order valence-electron chi connectivity index (χ2n) is 5.41. The number of amidine groups is 1. The molecular formula is C14H22N4O2S. The lowest BCUT2D eigenvalue weighted by Crippen LogP contribution is -2.31. The summed E-state index contributed by atoms with van der Waals surface area (Å²) in [4.78, 5) is 2.37. The predicted molar refractivity (Wildman–Crippen MR) is 84.1 cm³/mol. The van der Waals surface area contributed by atoms with Gasteiger partial charge in [0.25, 0.3) is 0 Å². The number of sulfonamides is 1. The third-order valence-corrected chi connectivity index (χ3v) is 4.64. The van der Waals surface area contributed by atoms with Crippen LogP contribution in [-0.2, 0) is 16.4 Å². The van der Waals surface area contributed by atoms with Crippen LogP contribution < -0.4 is 15.8 Å². The van der Waals surface area contributed by atoms with Gasteiger partial charge in [0.2, 0.25) is 10.0 Å². The van der Waals surface area contributed by atoms with Crippen LogP contribution in [-0.4, -0.2) is 27.3 Å². The quantitative estimate of drug-likeness (QED) is 0.416. The van der Waals surface area contributed by atoms with Crippen LogP contribution in [0.25, 0.3) is 0 Å². The van der Waals surface area contributed by atoms with E-state index >= 15 is 0 Å². The van der Waals surface area contributed by atoms with Gasteiger partial charge in [0, 0.05) is 25.2 Å². The molecule has 7 heteroatoms. The van der Waals surface area contributed by atoms with E-state index in [9.17, 15) is 8.42 Å². The molecule has 0 saturated heterocycles. The first-order valence-corrected chi connectivity index (χ1v) is 8.66. The number of aryl methyl sites for hydroxylation is 1. The molecule has 0 spiro atoms. The molecule has 5 N–H and O–H groups in total. The van der Waals surface area contributed by atoms with Crippen molar-refractivity contribution in [3.63, 3.8) is 0 Å². The van der Waals surface area contributed by atoms with Gasteiger partial charge in [-0.25, -0.2) is 13.6 Å². The summed E-state index contributed by atoms with van der Waals surface area (Å²) < 4.78 is 23.0. The summed E-state index contributed by atoms with van der Waals surface area (Å²) in [6, 6.07) is 5.11.